The summed E-state index contributed by atoms with van der Waals surface area (Å²) in [5.41, 5.74) is 15.6. The van der Waals surface area contributed by atoms with Crippen molar-refractivity contribution in [3.05, 3.63) is 63.2 Å². The summed E-state index contributed by atoms with van der Waals surface area (Å²) in [5.74, 6) is 0.857. The van der Waals surface area contributed by atoms with Crippen LogP contribution in [0.15, 0.2) is 24.3 Å². The first-order valence-corrected chi connectivity index (χ1v) is 7.34. The Hall–Kier alpha value is -1.80. The molecule has 0 radical (unpaired) electrons. The van der Waals surface area contributed by atoms with E-state index in [-0.39, 0.29) is 6.04 Å². The first-order chi connectivity index (χ1) is 9.88. The van der Waals surface area contributed by atoms with Gasteiger partial charge in [0.1, 0.15) is 5.75 Å². The Morgan fingerprint density at radius 3 is 1.62 bits per heavy atom. The molecule has 0 aliphatic rings. The van der Waals surface area contributed by atoms with E-state index in [1.54, 1.807) is 7.11 Å². The SMILES string of the molecule is COc1ccc(C(N)c2c(C)c(C)c(C)c(C)c2C)cc1. The van der Waals surface area contributed by atoms with Crippen LogP contribution in [0.3, 0.4) is 0 Å². The molecule has 0 spiro atoms. The lowest BCUT2D eigenvalue weighted by Gasteiger charge is -2.23. The molecule has 0 heterocycles. The number of hydrogen-bond acceptors (Lipinski definition) is 2. The number of hydrogen-bond donors (Lipinski definition) is 1. The number of rotatable bonds is 3. The van der Waals surface area contributed by atoms with E-state index >= 15 is 0 Å². The molecular weight excluding hydrogens is 258 g/mol. The average molecular weight is 283 g/mol. The predicted octanol–water partition coefficient (Wildman–Crippen LogP) is 4.29. The molecule has 2 heteroatoms. The summed E-state index contributed by atoms with van der Waals surface area (Å²) >= 11 is 0. The highest BCUT2D eigenvalue weighted by Gasteiger charge is 2.18. The van der Waals surface area contributed by atoms with E-state index in [9.17, 15) is 0 Å². The summed E-state index contributed by atoms with van der Waals surface area (Å²) in [6, 6.07) is 7.93. The fraction of sp³-hybridized carbons (Fsp3) is 0.368. The molecule has 2 N–H and O–H groups in total. The summed E-state index contributed by atoms with van der Waals surface area (Å²) in [5, 5.41) is 0. The lowest BCUT2D eigenvalue weighted by Crippen LogP contribution is -2.17. The zero-order chi connectivity index (χ0) is 15.7. The van der Waals surface area contributed by atoms with Crippen molar-refractivity contribution in [3.8, 4) is 5.75 Å². The zero-order valence-electron chi connectivity index (χ0n) is 13.9. The molecular formula is C19H25NO. The Balaban J connectivity index is 2.55. The van der Waals surface area contributed by atoms with Crippen LogP contribution in [0.5, 0.6) is 5.75 Å². The second kappa shape index (κ2) is 5.90. The second-order valence-corrected chi connectivity index (χ2v) is 5.79. The minimum Gasteiger partial charge on any atom is -0.497 e. The molecule has 1 atom stereocenters. The van der Waals surface area contributed by atoms with Gasteiger partial charge >= 0.3 is 0 Å². The van der Waals surface area contributed by atoms with Crippen molar-refractivity contribution in [1.29, 1.82) is 0 Å². The van der Waals surface area contributed by atoms with Crippen LogP contribution in [0.25, 0.3) is 0 Å². The van der Waals surface area contributed by atoms with Gasteiger partial charge in [0.05, 0.1) is 13.2 Å². The molecule has 0 saturated carbocycles. The van der Waals surface area contributed by atoms with Crippen molar-refractivity contribution < 1.29 is 4.74 Å². The Bertz CT molecular complexity index is 627. The van der Waals surface area contributed by atoms with Crippen LogP contribution in [0.1, 0.15) is 45.0 Å². The van der Waals surface area contributed by atoms with Crippen molar-refractivity contribution in [2.45, 2.75) is 40.7 Å². The standard InChI is InChI=1S/C19H25NO/c1-11-12(2)14(4)18(15(5)13(11)3)19(20)16-7-9-17(21-6)10-8-16/h7-10,19H,20H2,1-6H3. The van der Waals surface area contributed by atoms with Gasteiger partial charge in [-0.25, -0.2) is 0 Å². The quantitative estimate of drug-likeness (QED) is 0.912. The highest BCUT2D eigenvalue weighted by molar-refractivity contribution is 5.53. The normalized spacial score (nSPS) is 12.3. The van der Waals surface area contributed by atoms with E-state index in [0.29, 0.717) is 0 Å². The van der Waals surface area contributed by atoms with Crippen LogP contribution in [-0.2, 0) is 0 Å². The first-order valence-electron chi connectivity index (χ1n) is 7.34. The number of ether oxygens (including phenoxy) is 1. The van der Waals surface area contributed by atoms with Gasteiger partial charge < -0.3 is 10.5 Å². The van der Waals surface area contributed by atoms with E-state index in [2.05, 4.69) is 34.6 Å². The molecule has 2 nitrogen and oxygen atoms in total. The van der Waals surface area contributed by atoms with Gasteiger partial charge in [0.2, 0.25) is 0 Å². The van der Waals surface area contributed by atoms with Gasteiger partial charge in [-0.3, -0.25) is 0 Å². The molecule has 0 aliphatic carbocycles. The summed E-state index contributed by atoms with van der Waals surface area (Å²) in [7, 11) is 1.68. The Morgan fingerprint density at radius 2 is 1.19 bits per heavy atom. The summed E-state index contributed by atoms with van der Waals surface area (Å²) < 4.78 is 5.22. The summed E-state index contributed by atoms with van der Waals surface area (Å²) in [4.78, 5) is 0. The first kappa shape index (κ1) is 15.6. The van der Waals surface area contributed by atoms with Crippen molar-refractivity contribution in [2.75, 3.05) is 7.11 Å². The van der Waals surface area contributed by atoms with Gasteiger partial charge in [-0.2, -0.15) is 0 Å². The molecule has 1 unspecified atom stereocenters. The molecule has 0 fully saturated rings. The van der Waals surface area contributed by atoms with Gasteiger partial charge in [-0.15, -0.1) is 0 Å². The van der Waals surface area contributed by atoms with Crippen LogP contribution in [0, 0.1) is 34.6 Å². The maximum absolute atomic E-state index is 6.56. The highest BCUT2D eigenvalue weighted by atomic mass is 16.5. The fourth-order valence-electron chi connectivity index (χ4n) is 2.97. The van der Waals surface area contributed by atoms with Gasteiger partial charge in [-0.05, 0) is 85.7 Å². The molecule has 0 bridgehead atoms. The molecule has 0 saturated heterocycles. The third-order valence-corrected chi connectivity index (χ3v) is 4.84. The molecule has 0 aliphatic heterocycles. The third kappa shape index (κ3) is 2.68. The smallest absolute Gasteiger partial charge is 0.118 e. The minimum atomic E-state index is -0.103. The second-order valence-electron chi connectivity index (χ2n) is 5.79. The average Bonchev–Trinajstić information content (AvgIpc) is 2.51. The minimum absolute atomic E-state index is 0.103. The molecule has 112 valence electrons. The Labute approximate surface area is 127 Å². The van der Waals surface area contributed by atoms with Crippen molar-refractivity contribution in [3.63, 3.8) is 0 Å². The van der Waals surface area contributed by atoms with Crippen molar-refractivity contribution in [2.24, 2.45) is 5.73 Å². The Morgan fingerprint density at radius 1 is 0.762 bits per heavy atom. The molecule has 21 heavy (non-hydrogen) atoms. The van der Waals surface area contributed by atoms with E-state index in [4.69, 9.17) is 10.5 Å². The van der Waals surface area contributed by atoms with Gasteiger partial charge in [0.15, 0.2) is 0 Å². The molecule has 0 amide bonds. The van der Waals surface area contributed by atoms with Crippen LogP contribution in [0.4, 0.5) is 0 Å². The highest BCUT2D eigenvalue weighted by Crippen LogP contribution is 2.32. The predicted molar refractivity (Wildman–Crippen MR) is 89.2 cm³/mol. The van der Waals surface area contributed by atoms with E-state index in [0.717, 1.165) is 11.3 Å². The van der Waals surface area contributed by atoms with Gasteiger partial charge in [-0.1, -0.05) is 12.1 Å². The van der Waals surface area contributed by atoms with Crippen LogP contribution >= 0.6 is 0 Å². The molecule has 0 aromatic heterocycles. The van der Waals surface area contributed by atoms with Crippen molar-refractivity contribution in [1.82, 2.24) is 0 Å². The molecule has 2 aromatic rings. The van der Waals surface area contributed by atoms with E-state index in [1.165, 1.54) is 33.4 Å². The van der Waals surface area contributed by atoms with Gasteiger partial charge in [0, 0.05) is 0 Å². The van der Waals surface area contributed by atoms with E-state index in [1.807, 2.05) is 24.3 Å². The van der Waals surface area contributed by atoms with Gasteiger partial charge in [0.25, 0.3) is 0 Å². The lowest BCUT2D eigenvalue weighted by molar-refractivity contribution is 0.414. The van der Waals surface area contributed by atoms with Crippen LogP contribution in [-0.4, -0.2) is 7.11 Å². The van der Waals surface area contributed by atoms with E-state index < -0.39 is 0 Å². The van der Waals surface area contributed by atoms with Crippen LogP contribution in [0.2, 0.25) is 0 Å². The van der Waals surface area contributed by atoms with Crippen molar-refractivity contribution >= 4 is 0 Å². The lowest BCUT2D eigenvalue weighted by atomic mass is 9.84. The number of benzene rings is 2. The summed E-state index contributed by atoms with van der Waals surface area (Å²) in [6.07, 6.45) is 0. The number of nitrogens with two attached hydrogens (primary N) is 1. The fourth-order valence-corrected chi connectivity index (χ4v) is 2.97. The van der Waals surface area contributed by atoms with Crippen LogP contribution < -0.4 is 10.5 Å². The number of methoxy groups -OCH3 is 1. The maximum Gasteiger partial charge on any atom is 0.118 e. The zero-order valence-corrected chi connectivity index (χ0v) is 13.9. The monoisotopic (exact) mass is 283 g/mol. The third-order valence-electron chi connectivity index (χ3n) is 4.84. The molecule has 2 rings (SSSR count). The molecule has 2 aromatic carbocycles. The Kier molecular flexibility index (Phi) is 4.38. The topological polar surface area (TPSA) is 35.2 Å². The largest absolute Gasteiger partial charge is 0.497 e. The maximum atomic E-state index is 6.56. The summed E-state index contributed by atoms with van der Waals surface area (Å²) in [6.45, 7) is 10.9.